The Hall–Kier alpha value is -1.86. The van der Waals surface area contributed by atoms with E-state index in [1.807, 2.05) is 16.8 Å². The second-order valence-corrected chi connectivity index (χ2v) is 15.8. The summed E-state index contributed by atoms with van der Waals surface area (Å²) in [5.41, 5.74) is 4.40. The maximum Gasteiger partial charge on any atom is 0.326 e. The molecule has 4 rings (SSSR count). The highest BCUT2D eigenvalue weighted by Gasteiger charge is 2.45. The van der Waals surface area contributed by atoms with E-state index >= 15 is 0 Å². The van der Waals surface area contributed by atoms with E-state index in [-0.39, 0.29) is 11.7 Å². The van der Waals surface area contributed by atoms with Gasteiger partial charge in [-0.15, -0.1) is 0 Å². The van der Waals surface area contributed by atoms with Gasteiger partial charge in [0.25, 0.3) is 0 Å². The first-order chi connectivity index (χ1) is 14.8. The summed E-state index contributed by atoms with van der Waals surface area (Å²) in [7, 11) is -1.87. The summed E-state index contributed by atoms with van der Waals surface area (Å²) in [6, 6.07) is 2.23. The van der Waals surface area contributed by atoms with Gasteiger partial charge in [-0.1, -0.05) is 48.0 Å². The van der Waals surface area contributed by atoms with Gasteiger partial charge in [0.2, 0.25) is 0 Å². The predicted octanol–water partition coefficient (Wildman–Crippen LogP) is 6.13. The van der Waals surface area contributed by atoms with Crippen molar-refractivity contribution in [3.05, 3.63) is 28.9 Å². The van der Waals surface area contributed by atoms with Gasteiger partial charge in [0.1, 0.15) is 5.65 Å². The Morgan fingerprint density at radius 3 is 2.55 bits per heavy atom. The number of rotatable bonds is 7. The molecule has 0 aromatic carbocycles. The Kier molecular flexibility index (Phi) is 6.18. The molecule has 3 heterocycles. The smallest absolute Gasteiger partial charge is 0.326 e. The minimum atomic E-state index is -1.87. The molecule has 2 N–H and O–H groups in total. The zero-order valence-corrected chi connectivity index (χ0v) is 20.9. The number of aromatic amines is 2. The highest BCUT2D eigenvalue weighted by Crippen LogP contribution is 2.43. The SMILES string of the molecule is CC(C)[Si](OC[C@H]1CCC[C@@H](n2c(=O)[nH]c3cnc4[nH]ccc4c32)C1)(C(C)C)C(C)C. The summed E-state index contributed by atoms with van der Waals surface area (Å²) in [4.78, 5) is 23.6. The normalized spacial score (nSPS) is 20.7. The molecule has 0 spiro atoms. The fourth-order valence-electron chi connectivity index (χ4n) is 6.38. The lowest BCUT2D eigenvalue weighted by Gasteiger charge is -2.43. The van der Waals surface area contributed by atoms with Gasteiger partial charge in [-0.05, 0) is 47.9 Å². The fraction of sp³-hybridized carbons (Fsp3) is 0.667. The third kappa shape index (κ3) is 3.80. The third-order valence-electron chi connectivity index (χ3n) is 7.66. The molecule has 1 fully saturated rings. The minimum Gasteiger partial charge on any atom is -0.416 e. The van der Waals surface area contributed by atoms with Crippen molar-refractivity contribution in [2.24, 2.45) is 5.92 Å². The summed E-state index contributed by atoms with van der Waals surface area (Å²) in [6.07, 6.45) is 8.03. The van der Waals surface area contributed by atoms with Crippen molar-refractivity contribution in [3.8, 4) is 0 Å². The highest BCUT2D eigenvalue weighted by atomic mass is 28.4. The first-order valence-corrected chi connectivity index (χ1v) is 14.1. The number of aromatic nitrogens is 4. The summed E-state index contributed by atoms with van der Waals surface area (Å²) < 4.78 is 8.92. The Morgan fingerprint density at radius 1 is 1.16 bits per heavy atom. The molecule has 31 heavy (non-hydrogen) atoms. The molecule has 0 aliphatic heterocycles. The number of hydrogen-bond acceptors (Lipinski definition) is 3. The van der Waals surface area contributed by atoms with Crippen LogP contribution in [0.4, 0.5) is 0 Å². The summed E-state index contributed by atoms with van der Waals surface area (Å²) in [5, 5.41) is 1.01. The van der Waals surface area contributed by atoms with Crippen LogP contribution in [0.25, 0.3) is 22.1 Å². The van der Waals surface area contributed by atoms with E-state index in [0.717, 1.165) is 47.9 Å². The van der Waals surface area contributed by atoms with Crippen molar-refractivity contribution in [3.63, 3.8) is 0 Å². The van der Waals surface area contributed by atoms with Gasteiger partial charge in [0.15, 0.2) is 8.32 Å². The molecule has 2 atom stereocenters. The Bertz CT molecular complexity index is 1070. The molecule has 1 aliphatic rings. The summed E-state index contributed by atoms with van der Waals surface area (Å²) in [5.74, 6) is 0.502. The lowest BCUT2D eigenvalue weighted by atomic mass is 9.86. The Labute approximate surface area is 185 Å². The van der Waals surface area contributed by atoms with E-state index < -0.39 is 8.32 Å². The third-order valence-corrected chi connectivity index (χ3v) is 13.7. The van der Waals surface area contributed by atoms with Crippen LogP contribution in [0.5, 0.6) is 0 Å². The first-order valence-electron chi connectivity index (χ1n) is 12.0. The zero-order chi connectivity index (χ0) is 22.3. The second-order valence-electron chi connectivity index (χ2n) is 10.4. The fourth-order valence-corrected chi connectivity index (χ4v) is 11.9. The standard InChI is InChI=1S/C24H38N4O2Si/c1-15(2)31(16(3)4,17(5)6)30-14-18-8-7-9-19(12-18)28-22-20-10-11-25-23(20)26-13-21(22)27-24(28)29/h10-11,13,15-19H,7-9,12,14H2,1-6H3,(H,25,26)(H,27,29)/t18-,19+/m0/s1. The van der Waals surface area contributed by atoms with Crippen LogP contribution in [0.2, 0.25) is 16.6 Å². The van der Waals surface area contributed by atoms with Gasteiger partial charge in [0, 0.05) is 24.2 Å². The molecule has 3 aromatic heterocycles. The molecule has 0 saturated heterocycles. The monoisotopic (exact) mass is 442 g/mol. The van der Waals surface area contributed by atoms with Gasteiger partial charge < -0.3 is 14.4 Å². The largest absolute Gasteiger partial charge is 0.416 e. The average molecular weight is 443 g/mol. The topological polar surface area (TPSA) is 75.7 Å². The summed E-state index contributed by atoms with van der Waals surface area (Å²) >= 11 is 0. The van der Waals surface area contributed by atoms with Gasteiger partial charge in [-0.2, -0.15) is 0 Å². The maximum absolute atomic E-state index is 12.9. The summed E-state index contributed by atoms with van der Waals surface area (Å²) in [6.45, 7) is 14.9. The van der Waals surface area contributed by atoms with Crippen molar-refractivity contribution < 1.29 is 4.43 Å². The van der Waals surface area contributed by atoms with E-state index in [4.69, 9.17) is 4.43 Å². The van der Waals surface area contributed by atoms with Crippen LogP contribution in [0, 0.1) is 5.92 Å². The number of H-pyrrole nitrogens is 2. The quantitative estimate of drug-likeness (QED) is 0.432. The van der Waals surface area contributed by atoms with Crippen LogP contribution < -0.4 is 5.69 Å². The number of imidazole rings is 1. The minimum absolute atomic E-state index is 0.0210. The predicted molar refractivity (Wildman–Crippen MR) is 130 cm³/mol. The highest BCUT2D eigenvalue weighted by molar-refractivity contribution is 6.77. The number of pyridine rings is 1. The van der Waals surface area contributed by atoms with Gasteiger partial charge in [-0.25, -0.2) is 9.78 Å². The lowest BCUT2D eigenvalue weighted by Crippen LogP contribution is -2.48. The Balaban J connectivity index is 1.59. The van der Waals surface area contributed by atoms with Crippen LogP contribution in [0.3, 0.4) is 0 Å². The van der Waals surface area contributed by atoms with Crippen LogP contribution in [0.15, 0.2) is 23.3 Å². The number of nitrogens with one attached hydrogen (secondary N) is 2. The van der Waals surface area contributed by atoms with Crippen molar-refractivity contribution in [2.45, 2.75) is 89.9 Å². The Morgan fingerprint density at radius 2 is 1.87 bits per heavy atom. The molecular weight excluding hydrogens is 404 g/mol. The molecule has 0 bridgehead atoms. The first kappa shape index (κ1) is 22.3. The number of fused-ring (bicyclic) bond motifs is 3. The lowest BCUT2D eigenvalue weighted by molar-refractivity contribution is 0.162. The van der Waals surface area contributed by atoms with Crippen molar-refractivity contribution in [1.82, 2.24) is 19.5 Å². The van der Waals surface area contributed by atoms with Gasteiger partial charge in [0.05, 0.1) is 17.2 Å². The molecular formula is C24H38N4O2Si. The molecule has 170 valence electrons. The van der Waals surface area contributed by atoms with Gasteiger partial charge in [-0.3, -0.25) is 4.57 Å². The molecule has 0 unspecified atom stereocenters. The van der Waals surface area contributed by atoms with Crippen LogP contribution >= 0.6 is 0 Å². The molecule has 3 aromatic rings. The molecule has 1 aliphatic carbocycles. The zero-order valence-electron chi connectivity index (χ0n) is 19.9. The second kappa shape index (κ2) is 8.58. The van der Waals surface area contributed by atoms with Gasteiger partial charge >= 0.3 is 5.69 Å². The van der Waals surface area contributed by atoms with E-state index in [2.05, 4.69) is 56.5 Å². The van der Waals surface area contributed by atoms with E-state index in [1.54, 1.807) is 6.20 Å². The van der Waals surface area contributed by atoms with Crippen LogP contribution in [-0.2, 0) is 4.43 Å². The van der Waals surface area contributed by atoms with Crippen molar-refractivity contribution in [1.29, 1.82) is 0 Å². The van der Waals surface area contributed by atoms with E-state index in [1.165, 1.54) is 6.42 Å². The van der Waals surface area contributed by atoms with Crippen LogP contribution in [-0.4, -0.2) is 34.4 Å². The molecule has 6 nitrogen and oxygen atoms in total. The van der Waals surface area contributed by atoms with E-state index in [9.17, 15) is 4.79 Å². The van der Waals surface area contributed by atoms with Crippen LogP contribution in [0.1, 0.15) is 73.3 Å². The number of hydrogen-bond donors (Lipinski definition) is 2. The van der Waals surface area contributed by atoms with Crippen molar-refractivity contribution >= 4 is 30.4 Å². The molecule has 0 radical (unpaired) electrons. The molecule has 0 amide bonds. The van der Waals surface area contributed by atoms with Crippen molar-refractivity contribution in [2.75, 3.05) is 6.61 Å². The molecule has 7 heteroatoms. The maximum atomic E-state index is 12.9. The van der Waals surface area contributed by atoms with E-state index in [0.29, 0.717) is 22.5 Å². The molecule has 1 saturated carbocycles. The average Bonchev–Trinajstić information content (AvgIpc) is 3.31. The number of nitrogens with zero attached hydrogens (tertiary/aromatic N) is 2.